The van der Waals surface area contributed by atoms with E-state index in [1.165, 1.54) is 17.9 Å². The van der Waals surface area contributed by atoms with Crippen molar-refractivity contribution in [2.75, 3.05) is 11.9 Å². The number of amides is 1. The topological polar surface area (TPSA) is 108 Å². The number of rotatable bonds is 5. The summed E-state index contributed by atoms with van der Waals surface area (Å²) in [5.41, 5.74) is 8.53. The number of nitrogens with zero attached hydrogens (tertiary/aromatic N) is 4. The fraction of sp³-hybridized carbons (Fsp3) is 0.294. The first kappa shape index (κ1) is 16.8. The molecular formula is C17H20N6O2. The normalized spacial score (nSPS) is 11.0. The molecule has 3 rings (SSSR count). The lowest BCUT2D eigenvalue weighted by Crippen LogP contribution is -2.21. The predicted molar refractivity (Wildman–Crippen MR) is 94.4 cm³/mol. The molecule has 0 aliphatic rings. The number of para-hydroxylation sites is 1. The molecule has 0 spiro atoms. The molecule has 1 amide bonds. The van der Waals surface area contributed by atoms with Crippen molar-refractivity contribution in [3.05, 3.63) is 41.7 Å². The minimum Gasteiger partial charge on any atom is -0.330 e. The predicted octanol–water partition coefficient (Wildman–Crippen LogP) is 1.34. The van der Waals surface area contributed by atoms with Crippen molar-refractivity contribution in [2.24, 2.45) is 5.73 Å². The summed E-state index contributed by atoms with van der Waals surface area (Å²) in [4.78, 5) is 25.2. The van der Waals surface area contributed by atoms with Gasteiger partial charge in [0.05, 0.1) is 11.7 Å². The van der Waals surface area contributed by atoms with Gasteiger partial charge in [-0.15, -0.1) is 5.10 Å². The molecule has 8 nitrogen and oxygen atoms in total. The van der Waals surface area contributed by atoms with Crippen LogP contribution in [0, 0.1) is 6.92 Å². The minimum absolute atomic E-state index is 0.0266. The van der Waals surface area contributed by atoms with Crippen LogP contribution < -0.4 is 11.1 Å². The Balaban J connectivity index is 1.93. The number of hydrogen-bond acceptors (Lipinski definition) is 5. The molecule has 2 aromatic heterocycles. The number of hydrogen-bond donors (Lipinski definition) is 2. The molecule has 0 saturated carbocycles. The smallest absolute Gasteiger partial charge is 0.254 e. The molecule has 0 fully saturated rings. The Kier molecular flexibility index (Phi) is 4.62. The number of carbonyl (C=O) groups is 2. The van der Waals surface area contributed by atoms with Crippen LogP contribution in [0.3, 0.4) is 0 Å². The Morgan fingerprint density at radius 1 is 1.28 bits per heavy atom. The standard InChI is InChI=1S/C17H20N6O2/c1-11-13(7-8-18)14-5-3-4-6-15(14)23(11)17(25)10-22-19-9-16(21-22)20-12(2)24/h3-6,9H,7-8,10,18H2,1-2H3,(H,20,21,24). The number of anilines is 1. The van der Waals surface area contributed by atoms with E-state index in [0.29, 0.717) is 18.8 Å². The minimum atomic E-state index is -0.239. The Hall–Kier alpha value is -3.00. The first-order valence-corrected chi connectivity index (χ1v) is 8.01. The second-order valence-corrected chi connectivity index (χ2v) is 5.79. The van der Waals surface area contributed by atoms with E-state index in [0.717, 1.165) is 22.2 Å². The van der Waals surface area contributed by atoms with E-state index in [9.17, 15) is 9.59 Å². The highest BCUT2D eigenvalue weighted by Crippen LogP contribution is 2.26. The number of nitrogens with two attached hydrogens (primary N) is 1. The van der Waals surface area contributed by atoms with Crippen molar-refractivity contribution in [2.45, 2.75) is 26.8 Å². The Bertz CT molecular complexity index is 940. The summed E-state index contributed by atoms with van der Waals surface area (Å²) in [6.45, 7) is 3.80. The van der Waals surface area contributed by atoms with Crippen LogP contribution in [0.2, 0.25) is 0 Å². The Morgan fingerprint density at radius 3 is 2.76 bits per heavy atom. The van der Waals surface area contributed by atoms with Gasteiger partial charge >= 0.3 is 0 Å². The summed E-state index contributed by atoms with van der Waals surface area (Å²) in [5, 5.41) is 11.7. The molecule has 3 N–H and O–H groups in total. The van der Waals surface area contributed by atoms with Gasteiger partial charge in [0, 0.05) is 18.0 Å². The maximum absolute atomic E-state index is 12.8. The van der Waals surface area contributed by atoms with Crippen LogP contribution in [0.25, 0.3) is 10.9 Å². The summed E-state index contributed by atoms with van der Waals surface area (Å²) in [5.74, 6) is -0.0720. The van der Waals surface area contributed by atoms with Crippen LogP contribution in [-0.4, -0.2) is 37.9 Å². The van der Waals surface area contributed by atoms with E-state index < -0.39 is 0 Å². The maximum Gasteiger partial charge on any atom is 0.254 e. The first-order valence-electron chi connectivity index (χ1n) is 8.01. The number of benzene rings is 1. The molecule has 2 heterocycles. The molecule has 0 aliphatic carbocycles. The Labute approximate surface area is 144 Å². The van der Waals surface area contributed by atoms with Crippen LogP contribution in [0.15, 0.2) is 30.5 Å². The monoisotopic (exact) mass is 340 g/mol. The number of fused-ring (bicyclic) bond motifs is 1. The van der Waals surface area contributed by atoms with Crippen LogP contribution in [-0.2, 0) is 17.8 Å². The lowest BCUT2D eigenvalue weighted by atomic mass is 10.1. The maximum atomic E-state index is 12.8. The van der Waals surface area contributed by atoms with Crippen LogP contribution in [0.5, 0.6) is 0 Å². The lowest BCUT2D eigenvalue weighted by molar-refractivity contribution is -0.114. The highest BCUT2D eigenvalue weighted by molar-refractivity contribution is 5.96. The summed E-state index contributed by atoms with van der Waals surface area (Å²) < 4.78 is 1.68. The van der Waals surface area contributed by atoms with E-state index in [-0.39, 0.29) is 18.4 Å². The largest absolute Gasteiger partial charge is 0.330 e. The van der Waals surface area contributed by atoms with Gasteiger partial charge in [0.25, 0.3) is 5.91 Å². The Morgan fingerprint density at radius 2 is 2.04 bits per heavy atom. The van der Waals surface area contributed by atoms with Crippen molar-refractivity contribution in [3.63, 3.8) is 0 Å². The zero-order valence-electron chi connectivity index (χ0n) is 14.2. The molecule has 25 heavy (non-hydrogen) atoms. The van der Waals surface area contributed by atoms with E-state index >= 15 is 0 Å². The van der Waals surface area contributed by atoms with Gasteiger partial charge in [0.1, 0.15) is 6.54 Å². The number of nitrogens with one attached hydrogen (secondary N) is 1. The summed E-state index contributed by atoms with van der Waals surface area (Å²) in [6, 6.07) is 7.77. The van der Waals surface area contributed by atoms with Gasteiger partial charge < -0.3 is 11.1 Å². The molecule has 0 atom stereocenters. The van der Waals surface area contributed by atoms with Crippen molar-refractivity contribution in [1.29, 1.82) is 0 Å². The highest BCUT2D eigenvalue weighted by Gasteiger charge is 2.19. The molecule has 0 unspecified atom stereocenters. The van der Waals surface area contributed by atoms with E-state index in [2.05, 4.69) is 15.5 Å². The van der Waals surface area contributed by atoms with E-state index in [4.69, 9.17) is 5.73 Å². The van der Waals surface area contributed by atoms with Crippen LogP contribution in [0.1, 0.15) is 23.0 Å². The average molecular weight is 340 g/mol. The summed E-state index contributed by atoms with van der Waals surface area (Å²) in [7, 11) is 0. The van der Waals surface area contributed by atoms with Gasteiger partial charge in [0.15, 0.2) is 5.82 Å². The second-order valence-electron chi connectivity index (χ2n) is 5.79. The van der Waals surface area contributed by atoms with Gasteiger partial charge in [0.2, 0.25) is 5.91 Å². The van der Waals surface area contributed by atoms with Gasteiger partial charge in [-0.1, -0.05) is 18.2 Å². The van der Waals surface area contributed by atoms with Crippen LogP contribution >= 0.6 is 0 Å². The number of aromatic nitrogens is 4. The third-order valence-corrected chi connectivity index (χ3v) is 4.00. The van der Waals surface area contributed by atoms with Gasteiger partial charge in [-0.2, -0.15) is 9.90 Å². The summed E-state index contributed by atoms with van der Waals surface area (Å²) in [6.07, 6.45) is 2.12. The molecule has 8 heteroatoms. The number of carbonyl (C=O) groups excluding carboxylic acids is 2. The van der Waals surface area contributed by atoms with E-state index in [1.807, 2.05) is 31.2 Å². The lowest BCUT2D eigenvalue weighted by Gasteiger charge is -2.07. The van der Waals surface area contributed by atoms with Gasteiger partial charge in [-0.25, -0.2) is 0 Å². The van der Waals surface area contributed by atoms with Crippen molar-refractivity contribution in [1.82, 2.24) is 19.6 Å². The quantitative estimate of drug-likeness (QED) is 0.729. The van der Waals surface area contributed by atoms with Gasteiger partial charge in [-0.3, -0.25) is 14.2 Å². The third-order valence-electron chi connectivity index (χ3n) is 4.00. The zero-order valence-corrected chi connectivity index (χ0v) is 14.2. The first-order chi connectivity index (χ1) is 12.0. The highest BCUT2D eigenvalue weighted by atomic mass is 16.2. The molecule has 3 aromatic rings. The van der Waals surface area contributed by atoms with Crippen molar-refractivity contribution >= 4 is 28.5 Å². The van der Waals surface area contributed by atoms with Crippen LogP contribution in [0.4, 0.5) is 5.82 Å². The molecule has 0 radical (unpaired) electrons. The van der Waals surface area contributed by atoms with E-state index in [1.54, 1.807) is 4.57 Å². The fourth-order valence-corrected chi connectivity index (χ4v) is 3.02. The molecule has 0 aliphatic heterocycles. The SMILES string of the molecule is CC(=O)Nc1cnn(CC(=O)n2c(C)c(CCN)c3ccccc32)n1. The molecular weight excluding hydrogens is 320 g/mol. The average Bonchev–Trinajstić information content (AvgIpc) is 3.10. The fourth-order valence-electron chi connectivity index (χ4n) is 3.02. The van der Waals surface area contributed by atoms with Crippen molar-refractivity contribution in [3.8, 4) is 0 Å². The zero-order chi connectivity index (χ0) is 18.0. The molecule has 130 valence electrons. The molecule has 0 bridgehead atoms. The molecule has 0 saturated heterocycles. The molecule has 1 aromatic carbocycles. The summed E-state index contributed by atoms with van der Waals surface area (Å²) >= 11 is 0. The second kappa shape index (κ2) is 6.86. The van der Waals surface area contributed by atoms with Crippen molar-refractivity contribution < 1.29 is 9.59 Å². The third kappa shape index (κ3) is 3.29. The van der Waals surface area contributed by atoms with Gasteiger partial charge in [-0.05, 0) is 31.5 Å².